The van der Waals surface area contributed by atoms with Gasteiger partial charge in [-0.3, -0.25) is 15.1 Å². The predicted molar refractivity (Wildman–Crippen MR) is 94.7 cm³/mol. The van der Waals surface area contributed by atoms with Crippen molar-refractivity contribution in [3.8, 4) is 5.75 Å². The number of anilines is 2. The number of nitrogens with zero attached hydrogens (tertiary/aromatic N) is 2. The quantitative estimate of drug-likeness (QED) is 0.236. The van der Waals surface area contributed by atoms with E-state index in [0.29, 0.717) is 18.8 Å². The molecular weight excluding hydrogens is 310 g/mol. The van der Waals surface area contributed by atoms with E-state index in [4.69, 9.17) is 10.5 Å². The SMILES string of the molecule is COc1ccc(NC(N)=NCCNc2ccccc2[N+](=O)[O-])cc1. The molecule has 0 unspecified atom stereocenters. The number of nitro groups is 1. The molecule has 0 radical (unpaired) electrons. The average Bonchev–Trinajstić information content (AvgIpc) is 2.59. The van der Waals surface area contributed by atoms with Crippen molar-refractivity contribution < 1.29 is 9.66 Å². The molecule has 0 saturated heterocycles. The zero-order valence-electron chi connectivity index (χ0n) is 13.2. The van der Waals surface area contributed by atoms with Crippen molar-refractivity contribution in [2.24, 2.45) is 10.7 Å². The monoisotopic (exact) mass is 329 g/mol. The molecule has 24 heavy (non-hydrogen) atoms. The van der Waals surface area contributed by atoms with E-state index in [9.17, 15) is 10.1 Å². The van der Waals surface area contributed by atoms with Crippen molar-refractivity contribution >= 4 is 23.0 Å². The average molecular weight is 329 g/mol. The number of methoxy groups -OCH3 is 1. The molecule has 0 aliphatic heterocycles. The number of aliphatic imine (C=N–C) groups is 1. The summed E-state index contributed by atoms with van der Waals surface area (Å²) in [7, 11) is 1.60. The molecular formula is C16H19N5O3. The highest BCUT2D eigenvalue weighted by atomic mass is 16.6. The first-order valence-corrected chi connectivity index (χ1v) is 7.28. The van der Waals surface area contributed by atoms with Crippen molar-refractivity contribution in [2.75, 3.05) is 30.8 Å². The lowest BCUT2D eigenvalue weighted by Gasteiger charge is -2.08. The minimum Gasteiger partial charge on any atom is -0.497 e. The Kier molecular flexibility index (Phi) is 5.95. The second-order valence-corrected chi connectivity index (χ2v) is 4.82. The smallest absolute Gasteiger partial charge is 0.292 e. The number of nitro benzene ring substituents is 1. The number of guanidine groups is 1. The lowest BCUT2D eigenvalue weighted by atomic mass is 10.2. The first-order valence-electron chi connectivity index (χ1n) is 7.28. The van der Waals surface area contributed by atoms with Gasteiger partial charge in [-0.05, 0) is 30.3 Å². The van der Waals surface area contributed by atoms with Crippen LogP contribution in [0.2, 0.25) is 0 Å². The van der Waals surface area contributed by atoms with Gasteiger partial charge in [0, 0.05) is 18.3 Å². The third-order valence-corrected chi connectivity index (χ3v) is 3.17. The van der Waals surface area contributed by atoms with Crippen LogP contribution >= 0.6 is 0 Å². The van der Waals surface area contributed by atoms with Crippen LogP contribution in [0.5, 0.6) is 5.75 Å². The van der Waals surface area contributed by atoms with E-state index in [1.165, 1.54) is 6.07 Å². The zero-order valence-corrected chi connectivity index (χ0v) is 13.2. The summed E-state index contributed by atoms with van der Waals surface area (Å²) < 4.78 is 5.08. The number of hydrogen-bond acceptors (Lipinski definition) is 5. The largest absolute Gasteiger partial charge is 0.497 e. The second kappa shape index (κ2) is 8.37. The first-order chi connectivity index (χ1) is 11.6. The van der Waals surface area contributed by atoms with Gasteiger partial charge < -0.3 is 21.1 Å². The summed E-state index contributed by atoms with van der Waals surface area (Å²) in [5.74, 6) is 1.02. The lowest BCUT2D eigenvalue weighted by Crippen LogP contribution is -2.23. The van der Waals surface area contributed by atoms with Gasteiger partial charge in [-0.2, -0.15) is 0 Å². The number of benzene rings is 2. The third kappa shape index (κ3) is 4.87. The van der Waals surface area contributed by atoms with Crippen LogP contribution in [0.15, 0.2) is 53.5 Å². The van der Waals surface area contributed by atoms with E-state index in [1.807, 2.05) is 24.3 Å². The summed E-state index contributed by atoms with van der Waals surface area (Å²) in [6.45, 7) is 0.802. The molecule has 0 atom stereocenters. The molecule has 0 aliphatic rings. The fraction of sp³-hybridized carbons (Fsp3) is 0.188. The number of para-hydroxylation sites is 2. The highest BCUT2D eigenvalue weighted by Crippen LogP contribution is 2.22. The highest BCUT2D eigenvalue weighted by molar-refractivity contribution is 5.92. The lowest BCUT2D eigenvalue weighted by molar-refractivity contribution is -0.384. The molecule has 0 heterocycles. The van der Waals surface area contributed by atoms with Gasteiger partial charge in [0.25, 0.3) is 5.69 Å². The minimum absolute atomic E-state index is 0.0332. The Labute approximate surface area is 139 Å². The van der Waals surface area contributed by atoms with Gasteiger partial charge in [0.05, 0.1) is 18.6 Å². The number of ether oxygens (including phenoxy) is 1. The molecule has 126 valence electrons. The molecule has 2 aromatic carbocycles. The summed E-state index contributed by atoms with van der Waals surface area (Å²) in [5, 5.41) is 16.8. The molecule has 0 aliphatic carbocycles. The second-order valence-electron chi connectivity index (χ2n) is 4.82. The number of hydrogen-bond donors (Lipinski definition) is 3. The number of nitrogens with one attached hydrogen (secondary N) is 2. The van der Waals surface area contributed by atoms with Crippen molar-refractivity contribution in [3.63, 3.8) is 0 Å². The summed E-state index contributed by atoms with van der Waals surface area (Å²) in [6.07, 6.45) is 0. The Hall–Kier alpha value is -3.29. The van der Waals surface area contributed by atoms with Crippen LogP contribution in [0.4, 0.5) is 17.1 Å². The summed E-state index contributed by atoms with van der Waals surface area (Å²) in [6, 6.07) is 13.7. The van der Waals surface area contributed by atoms with E-state index in [1.54, 1.807) is 25.3 Å². The fourth-order valence-electron chi connectivity index (χ4n) is 2.01. The summed E-state index contributed by atoms with van der Waals surface area (Å²) in [4.78, 5) is 14.7. The van der Waals surface area contributed by atoms with Crippen LogP contribution in [-0.2, 0) is 0 Å². The van der Waals surface area contributed by atoms with Crippen molar-refractivity contribution in [1.82, 2.24) is 0 Å². The van der Waals surface area contributed by atoms with Gasteiger partial charge in [0.1, 0.15) is 11.4 Å². The van der Waals surface area contributed by atoms with Crippen LogP contribution in [-0.4, -0.2) is 31.1 Å². The molecule has 0 amide bonds. The maximum atomic E-state index is 10.9. The molecule has 0 spiro atoms. The van der Waals surface area contributed by atoms with Crippen molar-refractivity contribution in [1.29, 1.82) is 0 Å². The van der Waals surface area contributed by atoms with Gasteiger partial charge in [0.15, 0.2) is 5.96 Å². The normalized spacial score (nSPS) is 11.0. The van der Waals surface area contributed by atoms with Gasteiger partial charge in [0.2, 0.25) is 0 Å². The van der Waals surface area contributed by atoms with E-state index < -0.39 is 4.92 Å². The standard InChI is InChI=1S/C16H19N5O3/c1-24-13-8-6-12(7-9-13)20-16(17)19-11-10-18-14-4-2-3-5-15(14)21(22)23/h2-9,18H,10-11H2,1H3,(H3,17,19,20). The minimum atomic E-state index is -0.425. The van der Waals surface area contributed by atoms with Crippen LogP contribution in [0.1, 0.15) is 0 Å². The molecule has 4 N–H and O–H groups in total. The molecule has 8 heteroatoms. The van der Waals surface area contributed by atoms with E-state index in [-0.39, 0.29) is 11.6 Å². The Morgan fingerprint density at radius 2 is 1.96 bits per heavy atom. The van der Waals surface area contributed by atoms with Gasteiger partial charge >= 0.3 is 0 Å². The Morgan fingerprint density at radius 3 is 2.62 bits per heavy atom. The maximum Gasteiger partial charge on any atom is 0.292 e. The molecule has 2 aromatic rings. The Bertz CT molecular complexity index is 716. The van der Waals surface area contributed by atoms with E-state index >= 15 is 0 Å². The van der Waals surface area contributed by atoms with Gasteiger partial charge in [-0.1, -0.05) is 12.1 Å². The van der Waals surface area contributed by atoms with Crippen LogP contribution in [0, 0.1) is 10.1 Å². The van der Waals surface area contributed by atoms with Crippen LogP contribution < -0.4 is 21.1 Å². The van der Waals surface area contributed by atoms with E-state index in [2.05, 4.69) is 15.6 Å². The third-order valence-electron chi connectivity index (χ3n) is 3.17. The molecule has 0 fully saturated rings. The number of rotatable bonds is 7. The summed E-state index contributed by atoms with van der Waals surface area (Å²) >= 11 is 0. The predicted octanol–water partition coefficient (Wildman–Crippen LogP) is 2.44. The van der Waals surface area contributed by atoms with Crippen LogP contribution in [0.3, 0.4) is 0 Å². The van der Waals surface area contributed by atoms with Crippen LogP contribution in [0.25, 0.3) is 0 Å². The topological polar surface area (TPSA) is 115 Å². The maximum absolute atomic E-state index is 10.9. The first kappa shape index (κ1) is 17.1. The van der Waals surface area contributed by atoms with Gasteiger partial charge in [-0.25, -0.2) is 0 Å². The summed E-state index contributed by atoms with van der Waals surface area (Å²) in [5.41, 5.74) is 7.09. The van der Waals surface area contributed by atoms with Crippen molar-refractivity contribution in [3.05, 3.63) is 58.6 Å². The highest BCUT2D eigenvalue weighted by Gasteiger charge is 2.10. The Balaban J connectivity index is 1.84. The molecule has 0 bridgehead atoms. The zero-order chi connectivity index (χ0) is 17.4. The van der Waals surface area contributed by atoms with Crippen molar-refractivity contribution in [2.45, 2.75) is 0 Å². The fourth-order valence-corrected chi connectivity index (χ4v) is 2.01. The Morgan fingerprint density at radius 1 is 1.25 bits per heavy atom. The molecule has 0 saturated carbocycles. The number of nitrogens with two attached hydrogens (primary N) is 1. The van der Waals surface area contributed by atoms with E-state index in [0.717, 1.165) is 11.4 Å². The molecule has 2 rings (SSSR count). The van der Waals surface area contributed by atoms with Gasteiger partial charge in [-0.15, -0.1) is 0 Å². The molecule has 0 aromatic heterocycles. The molecule has 8 nitrogen and oxygen atoms in total.